The number of aromatic nitrogens is 2. The summed E-state index contributed by atoms with van der Waals surface area (Å²) in [6.45, 7) is 4.34. The van der Waals surface area contributed by atoms with Crippen molar-refractivity contribution in [2.24, 2.45) is 0 Å². The van der Waals surface area contributed by atoms with E-state index in [1.807, 2.05) is 86.6 Å². The summed E-state index contributed by atoms with van der Waals surface area (Å²) in [4.78, 5) is 19.8. The summed E-state index contributed by atoms with van der Waals surface area (Å²) in [6.07, 6.45) is 0. The van der Waals surface area contributed by atoms with E-state index < -0.39 is 6.04 Å². The lowest BCUT2D eigenvalue weighted by Gasteiger charge is -2.35. The minimum Gasteiger partial charge on any atom is -0.493 e. The van der Waals surface area contributed by atoms with E-state index >= 15 is 0 Å². The molecule has 188 valence electrons. The van der Waals surface area contributed by atoms with Crippen LogP contribution in [0.3, 0.4) is 0 Å². The summed E-state index contributed by atoms with van der Waals surface area (Å²) in [5.41, 5.74) is 5.26. The van der Waals surface area contributed by atoms with Crippen LogP contribution in [-0.4, -0.2) is 35.3 Å². The van der Waals surface area contributed by atoms with Gasteiger partial charge in [0.1, 0.15) is 0 Å². The molecule has 2 heterocycles. The van der Waals surface area contributed by atoms with Crippen molar-refractivity contribution in [1.82, 2.24) is 20.4 Å². The maximum absolute atomic E-state index is 13.4. The second-order valence-electron chi connectivity index (χ2n) is 8.86. The van der Waals surface area contributed by atoms with Gasteiger partial charge in [0.15, 0.2) is 11.5 Å². The van der Waals surface area contributed by atoms with Crippen LogP contribution in [-0.2, 0) is 6.54 Å². The zero-order valence-corrected chi connectivity index (χ0v) is 21.2. The molecule has 0 saturated heterocycles. The Morgan fingerprint density at radius 1 is 0.946 bits per heavy atom. The molecule has 0 spiro atoms. The molecule has 4 aromatic rings. The van der Waals surface area contributed by atoms with Crippen molar-refractivity contribution < 1.29 is 18.8 Å². The minimum absolute atomic E-state index is 0.218. The molecular weight excluding hydrogens is 468 g/mol. The minimum atomic E-state index is -0.536. The summed E-state index contributed by atoms with van der Waals surface area (Å²) < 4.78 is 16.7. The van der Waals surface area contributed by atoms with Gasteiger partial charge in [0.05, 0.1) is 32.4 Å². The Kier molecular flexibility index (Phi) is 6.64. The van der Waals surface area contributed by atoms with E-state index in [0.717, 1.165) is 28.0 Å². The van der Waals surface area contributed by atoms with E-state index in [9.17, 15) is 4.79 Å². The molecular formula is C29H28N4O4. The third-order valence-corrected chi connectivity index (χ3v) is 6.49. The fourth-order valence-electron chi connectivity index (χ4n) is 4.44. The molecule has 2 amide bonds. The number of allylic oxidation sites excluding steroid dienone is 1. The fourth-order valence-corrected chi connectivity index (χ4v) is 4.44. The number of carbonyl (C=O) groups excluding carboxylic acids is 1. The van der Waals surface area contributed by atoms with Crippen molar-refractivity contribution in [3.05, 3.63) is 101 Å². The second-order valence-corrected chi connectivity index (χ2v) is 8.86. The van der Waals surface area contributed by atoms with Gasteiger partial charge >= 0.3 is 6.03 Å². The summed E-state index contributed by atoms with van der Waals surface area (Å²) in [5.74, 6) is 1.97. The lowest BCUT2D eigenvalue weighted by molar-refractivity contribution is 0.203. The highest BCUT2D eigenvalue weighted by Gasteiger charge is 2.36. The number of amides is 2. The lowest BCUT2D eigenvalue weighted by Crippen LogP contribution is -2.45. The highest BCUT2D eigenvalue weighted by Crippen LogP contribution is 2.40. The molecule has 1 aliphatic rings. The number of hydrogen-bond acceptors (Lipinski definition) is 6. The second kappa shape index (κ2) is 10.2. The van der Waals surface area contributed by atoms with Gasteiger partial charge in [-0.15, -0.1) is 0 Å². The van der Waals surface area contributed by atoms with Crippen molar-refractivity contribution in [3.63, 3.8) is 0 Å². The molecule has 3 aromatic carbocycles. The third-order valence-electron chi connectivity index (χ3n) is 6.49. The van der Waals surface area contributed by atoms with E-state index in [1.54, 1.807) is 19.1 Å². The first kappa shape index (κ1) is 24.1. The Morgan fingerprint density at radius 3 is 2.38 bits per heavy atom. The summed E-state index contributed by atoms with van der Waals surface area (Å²) in [6, 6.07) is 22.5. The number of aryl methyl sites for hydroxylation is 1. The number of nitrogens with one attached hydrogen (secondary N) is 1. The van der Waals surface area contributed by atoms with Gasteiger partial charge in [0.2, 0.25) is 5.82 Å². The summed E-state index contributed by atoms with van der Waals surface area (Å²) in [5, 5.41) is 7.36. The van der Waals surface area contributed by atoms with E-state index in [0.29, 0.717) is 35.3 Å². The van der Waals surface area contributed by atoms with Crippen LogP contribution in [0.1, 0.15) is 35.5 Å². The van der Waals surface area contributed by atoms with Gasteiger partial charge in [-0.1, -0.05) is 71.4 Å². The molecule has 8 heteroatoms. The van der Waals surface area contributed by atoms with E-state index in [1.165, 1.54) is 0 Å². The average molecular weight is 497 g/mol. The van der Waals surface area contributed by atoms with E-state index in [-0.39, 0.29) is 6.03 Å². The van der Waals surface area contributed by atoms with Crippen molar-refractivity contribution in [3.8, 4) is 22.9 Å². The molecule has 1 aliphatic heterocycles. The number of methoxy groups -OCH3 is 2. The van der Waals surface area contributed by atoms with Gasteiger partial charge in [-0.05, 0) is 37.1 Å². The van der Waals surface area contributed by atoms with Crippen LogP contribution in [0.25, 0.3) is 17.0 Å². The molecule has 0 fully saturated rings. The number of rotatable bonds is 7. The Morgan fingerprint density at radius 2 is 1.68 bits per heavy atom. The predicted molar refractivity (Wildman–Crippen MR) is 140 cm³/mol. The maximum atomic E-state index is 13.4. The van der Waals surface area contributed by atoms with Crippen LogP contribution in [0.4, 0.5) is 4.79 Å². The van der Waals surface area contributed by atoms with Crippen LogP contribution >= 0.6 is 0 Å². The fraction of sp³-hybridized carbons (Fsp3) is 0.207. The van der Waals surface area contributed by atoms with Crippen LogP contribution in [0, 0.1) is 6.92 Å². The number of benzene rings is 3. The van der Waals surface area contributed by atoms with Crippen LogP contribution in [0.2, 0.25) is 0 Å². The number of nitrogens with zero attached hydrogens (tertiary/aromatic N) is 3. The number of carbonyl (C=O) groups is 1. The molecule has 5 rings (SSSR count). The molecule has 1 N–H and O–H groups in total. The monoisotopic (exact) mass is 496 g/mol. The van der Waals surface area contributed by atoms with Gasteiger partial charge in [-0.2, -0.15) is 4.98 Å². The molecule has 0 bridgehead atoms. The first-order valence-corrected chi connectivity index (χ1v) is 11.9. The molecule has 8 nitrogen and oxygen atoms in total. The normalized spacial score (nSPS) is 15.5. The van der Waals surface area contributed by atoms with Crippen molar-refractivity contribution in [1.29, 1.82) is 0 Å². The molecule has 0 saturated carbocycles. The van der Waals surface area contributed by atoms with Crippen LogP contribution < -0.4 is 14.8 Å². The molecule has 1 atom stereocenters. The van der Waals surface area contributed by atoms with Crippen LogP contribution in [0.5, 0.6) is 11.5 Å². The Labute approximate surface area is 215 Å². The first-order chi connectivity index (χ1) is 18.0. The van der Waals surface area contributed by atoms with Gasteiger partial charge in [0.25, 0.3) is 5.89 Å². The number of urea groups is 1. The largest absolute Gasteiger partial charge is 0.493 e. The lowest BCUT2D eigenvalue weighted by atomic mass is 9.94. The SMILES string of the molecule is COc1ccc(C2NC(=O)N(Cc3ccc(C)cc3)C(C)=C2c2nc(-c3ccccc3)no2)cc1OC. The number of ether oxygens (including phenoxy) is 2. The first-order valence-electron chi connectivity index (χ1n) is 11.9. The molecule has 0 radical (unpaired) electrons. The van der Waals surface area contributed by atoms with Gasteiger partial charge < -0.3 is 19.3 Å². The Balaban J connectivity index is 1.61. The average Bonchev–Trinajstić information content (AvgIpc) is 3.41. The standard InChI is InChI=1S/C29H28N4O4/c1-18-10-12-20(13-11-18)17-33-19(2)25(28-31-27(32-37-28)21-8-6-5-7-9-21)26(30-29(33)34)22-14-15-23(35-3)24(16-22)36-4/h5-16,26H,17H2,1-4H3,(H,30,34). The quantitative estimate of drug-likeness (QED) is 0.350. The maximum Gasteiger partial charge on any atom is 0.322 e. The zero-order valence-electron chi connectivity index (χ0n) is 21.2. The Bertz CT molecular complexity index is 1440. The molecule has 0 aliphatic carbocycles. The van der Waals surface area contributed by atoms with E-state index in [2.05, 4.69) is 10.5 Å². The Hall–Kier alpha value is -4.59. The van der Waals surface area contributed by atoms with Gasteiger partial charge in [-0.3, -0.25) is 4.90 Å². The van der Waals surface area contributed by atoms with Gasteiger partial charge in [-0.25, -0.2) is 4.79 Å². The molecule has 37 heavy (non-hydrogen) atoms. The topological polar surface area (TPSA) is 89.7 Å². The highest BCUT2D eigenvalue weighted by atomic mass is 16.5. The predicted octanol–water partition coefficient (Wildman–Crippen LogP) is 5.76. The van der Waals surface area contributed by atoms with E-state index in [4.69, 9.17) is 19.0 Å². The zero-order chi connectivity index (χ0) is 25.9. The van der Waals surface area contributed by atoms with Crippen molar-refractivity contribution >= 4 is 11.6 Å². The molecule has 1 unspecified atom stereocenters. The smallest absolute Gasteiger partial charge is 0.322 e. The highest BCUT2D eigenvalue weighted by molar-refractivity contribution is 5.87. The van der Waals surface area contributed by atoms with Crippen molar-refractivity contribution in [2.75, 3.05) is 14.2 Å². The number of hydrogen-bond donors (Lipinski definition) is 1. The molecule has 1 aromatic heterocycles. The van der Waals surface area contributed by atoms with Crippen LogP contribution in [0.15, 0.2) is 83.0 Å². The third kappa shape index (κ3) is 4.78. The summed E-state index contributed by atoms with van der Waals surface area (Å²) >= 11 is 0. The summed E-state index contributed by atoms with van der Waals surface area (Å²) in [7, 11) is 3.17. The van der Waals surface area contributed by atoms with Gasteiger partial charge in [0, 0.05) is 11.3 Å². The van der Waals surface area contributed by atoms with Crippen molar-refractivity contribution in [2.45, 2.75) is 26.4 Å².